The van der Waals surface area contributed by atoms with Crippen LogP contribution in [-0.4, -0.2) is 64.5 Å². The third-order valence-electron chi connectivity index (χ3n) is 6.51. The molecule has 0 aromatic heterocycles. The number of aliphatic hydroxyl groups excluding tert-OH is 3. The van der Waals surface area contributed by atoms with Gasteiger partial charge in [0.2, 0.25) is 0 Å². The lowest BCUT2D eigenvalue weighted by Crippen LogP contribution is -2.32. The normalized spacial score (nSPS) is 29.0. The molecule has 2 unspecified atom stereocenters. The van der Waals surface area contributed by atoms with Gasteiger partial charge in [0.1, 0.15) is 24.6 Å². The summed E-state index contributed by atoms with van der Waals surface area (Å²) in [4.78, 5) is 11.6. The average molecular weight is 517 g/mol. The molecule has 1 aliphatic carbocycles. The molecular formula is C26H35F3O7. The second kappa shape index (κ2) is 12.4. The molecule has 3 rings (SSSR count). The number of unbranched alkanes of at least 4 members (excludes halogenated alkanes) is 1. The SMILES string of the molecule is CC(C)OC(=O)CCC/C=C\C[C@@H]1C([C@H]2OC2[C@@H](O)COc2cccc(C(F)(F)F)c2)[C@H](O)C[C@@H]1O. The van der Waals surface area contributed by atoms with Gasteiger partial charge in [-0.2, -0.15) is 13.2 Å². The molecule has 1 aromatic carbocycles. The summed E-state index contributed by atoms with van der Waals surface area (Å²) in [6.07, 6.45) is -2.18. The molecule has 3 N–H and O–H groups in total. The molecule has 0 bridgehead atoms. The van der Waals surface area contributed by atoms with Crippen molar-refractivity contribution in [1.29, 1.82) is 0 Å². The van der Waals surface area contributed by atoms with Gasteiger partial charge < -0.3 is 29.5 Å². The Balaban J connectivity index is 1.46. The van der Waals surface area contributed by atoms with Gasteiger partial charge in [-0.1, -0.05) is 18.2 Å². The fourth-order valence-electron chi connectivity index (χ4n) is 4.75. The smallest absolute Gasteiger partial charge is 0.416 e. The number of carbonyl (C=O) groups is 1. The number of alkyl halides is 3. The van der Waals surface area contributed by atoms with Gasteiger partial charge >= 0.3 is 12.1 Å². The molecule has 0 spiro atoms. The van der Waals surface area contributed by atoms with Crippen LogP contribution in [0.25, 0.3) is 0 Å². The molecule has 0 amide bonds. The van der Waals surface area contributed by atoms with Crippen LogP contribution in [0, 0.1) is 11.8 Å². The van der Waals surface area contributed by atoms with Crippen molar-refractivity contribution >= 4 is 5.97 Å². The van der Waals surface area contributed by atoms with Crippen molar-refractivity contribution in [2.45, 2.75) is 88.8 Å². The summed E-state index contributed by atoms with van der Waals surface area (Å²) in [5.41, 5.74) is -0.843. The van der Waals surface area contributed by atoms with E-state index in [0.717, 1.165) is 12.1 Å². The van der Waals surface area contributed by atoms with Crippen molar-refractivity contribution in [3.63, 3.8) is 0 Å². The number of ether oxygens (including phenoxy) is 3. The molecule has 7 atom stereocenters. The van der Waals surface area contributed by atoms with Crippen LogP contribution in [0.2, 0.25) is 0 Å². The van der Waals surface area contributed by atoms with Crippen molar-refractivity contribution in [3.8, 4) is 5.75 Å². The number of epoxide rings is 1. The Morgan fingerprint density at radius 2 is 1.97 bits per heavy atom. The number of benzene rings is 1. The number of rotatable bonds is 12. The first-order valence-corrected chi connectivity index (χ1v) is 12.3. The molecule has 1 saturated carbocycles. The summed E-state index contributed by atoms with van der Waals surface area (Å²) in [7, 11) is 0. The van der Waals surface area contributed by atoms with E-state index in [9.17, 15) is 33.3 Å². The van der Waals surface area contributed by atoms with Crippen LogP contribution in [0.3, 0.4) is 0 Å². The highest BCUT2D eigenvalue weighted by molar-refractivity contribution is 5.69. The predicted molar refractivity (Wildman–Crippen MR) is 124 cm³/mol. The molecule has 1 aromatic rings. The first kappa shape index (κ1) is 28.4. The zero-order valence-electron chi connectivity index (χ0n) is 20.4. The zero-order valence-corrected chi connectivity index (χ0v) is 20.4. The Hall–Kier alpha value is -2.14. The molecule has 1 heterocycles. The molecule has 1 saturated heterocycles. The van der Waals surface area contributed by atoms with Crippen LogP contribution in [0.1, 0.15) is 51.5 Å². The largest absolute Gasteiger partial charge is 0.491 e. The summed E-state index contributed by atoms with van der Waals surface area (Å²) < 4.78 is 54.7. The monoisotopic (exact) mass is 516 g/mol. The Labute approximate surface area is 208 Å². The number of hydrogen-bond acceptors (Lipinski definition) is 7. The zero-order chi connectivity index (χ0) is 26.5. The highest BCUT2D eigenvalue weighted by Crippen LogP contribution is 2.46. The fraction of sp³-hybridized carbons (Fsp3) is 0.654. The lowest BCUT2D eigenvalue weighted by molar-refractivity contribution is -0.147. The van der Waals surface area contributed by atoms with Crippen LogP contribution >= 0.6 is 0 Å². The quantitative estimate of drug-likeness (QED) is 0.168. The van der Waals surface area contributed by atoms with Gasteiger partial charge in [0, 0.05) is 12.3 Å². The van der Waals surface area contributed by atoms with Crippen molar-refractivity contribution in [2.75, 3.05) is 6.61 Å². The van der Waals surface area contributed by atoms with E-state index in [-0.39, 0.29) is 42.7 Å². The number of hydrogen-bond donors (Lipinski definition) is 3. The van der Waals surface area contributed by atoms with E-state index < -0.39 is 42.3 Å². The second-order valence-electron chi connectivity index (χ2n) is 9.72. The van der Waals surface area contributed by atoms with Gasteiger partial charge in [0.05, 0.1) is 30.0 Å². The van der Waals surface area contributed by atoms with E-state index in [1.165, 1.54) is 12.1 Å². The highest BCUT2D eigenvalue weighted by Gasteiger charge is 2.57. The van der Waals surface area contributed by atoms with Gasteiger partial charge in [-0.15, -0.1) is 0 Å². The van der Waals surface area contributed by atoms with Gasteiger partial charge in [0.15, 0.2) is 0 Å². The van der Waals surface area contributed by atoms with Crippen molar-refractivity contribution in [2.24, 2.45) is 11.8 Å². The van der Waals surface area contributed by atoms with Gasteiger partial charge in [0.25, 0.3) is 0 Å². The first-order valence-electron chi connectivity index (χ1n) is 12.3. The standard InChI is InChI=1S/C26H35F3O7/c1-15(2)35-22(33)11-6-4-3-5-10-18-19(30)13-20(31)23(18)25-24(36-25)21(32)14-34-17-9-7-8-16(12-17)26(27,28)29/h3,5,7-9,12,15,18-21,23-25,30-32H,4,6,10-11,13-14H2,1-2H3/b5-3-/t18-,19-,20+,21-,23?,24?,25+/m0/s1. The molecule has 2 aliphatic rings. The third-order valence-corrected chi connectivity index (χ3v) is 6.51. The molecular weight excluding hydrogens is 481 g/mol. The lowest BCUT2D eigenvalue weighted by atomic mass is 9.86. The number of aliphatic hydroxyl groups is 3. The topological polar surface area (TPSA) is 109 Å². The maximum absolute atomic E-state index is 12.9. The maximum Gasteiger partial charge on any atom is 0.416 e. The summed E-state index contributed by atoms with van der Waals surface area (Å²) in [5.74, 6) is -0.911. The number of halogens is 3. The Kier molecular flexibility index (Phi) is 9.79. The van der Waals surface area contributed by atoms with E-state index in [1.807, 2.05) is 12.2 Å². The van der Waals surface area contributed by atoms with E-state index in [1.54, 1.807) is 13.8 Å². The molecule has 202 valence electrons. The molecule has 10 heteroatoms. The molecule has 36 heavy (non-hydrogen) atoms. The number of carbonyl (C=O) groups excluding carboxylic acids is 1. The lowest BCUT2D eigenvalue weighted by Gasteiger charge is -2.21. The minimum Gasteiger partial charge on any atom is -0.491 e. The minimum atomic E-state index is -4.49. The summed E-state index contributed by atoms with van der Waals surface area (Å²) in [5, 5.41) is 31.4. The van der Waals surface area contributed by atoms with Gasteiger partial charge in [-0.05, 0) is 63.6 Å². The van der Waals surface area contributed by atoms with Crippen molar-refractivity contribution in [3.05, 3.63) is 42.0 Å². The summed E-state index contributed by atoms with van der Waals surface area (Å²) in [6.45, 7) is 3.33. The first-order chi connectivity index (χ1) is 17.0. The molecule has 7 nitrogen and oxygen atoms in total. The van der Waals surface area contributed by atoms with E-state index in [2.05, 4.69) is 0 Å². The van der Waals surface area contributed by atoms with Crippen molar-refractivity contribution in [1.82, 2.24) is 0 Å². The van der Waals surface area contributed by atoms with E-state index >= 15 is 0 Å². The Morgan fingerprint density at radius 3 is 2.67 bits per heavy atom. The van der Waals surface area contributed by atoms with E-state index in [0.29, 0.717) is 25.7 Å². The van der Waals surface area contributed by atoms with Crippen LogP contribution in [0.5, 0.6) is 5.75 Å². The second-order valence-corrected chi connectivity index (χ2v) is 9.72. The van der Waals surface area contributed by atoms with Gasteiger partial charge in [-0.3, -0.25) is 4.79 Å². The van der Waals surface area contributed by atoms with Crippen LogP contribution in [-0.2, 0) is 20.4 Å². The Bertz CT molecular complexity index is 889. The number of allylic oxidation sites excluding steroid dienone is 2. The van der Waals surface area contributed by atoms with Crippen LogP contribution in [0.4, 0.5) is 13.2 Å². The minimum absolute atomic E-state index is 0.0159. The molecule has 0 radical (unpaired) electrons. The van der Waals surface area contributed by atoms with Crippen LogP contribution in [0.15, 0.2) is 36.4 Å². The van der Waals surface area contributed by atoms with Crippen molar-refractivity contribution < 1.29 is 47.5 Å². The predicted octanol–water partition coefficient (Wildman–Crippen LogP) is 3.64. The number of esters is 1. The van der Waals surface area contributed by atoms with Crippen LogP contribution < -0.4 is 4.74 Å². The fourth-order valence-corrected chi connectivity index (χ4v) is 4.75. The molecule has 2 fully saturated rings. The van der Waals surface area contributed by atoms with Gasteiger partial charge in [-0.25, -0.2) is 0 Å². The average Bonchev–Trinajstić information content (AvgIpc) is 3.52. The molecule has 1 aliphatic heterocycles. The third kappa shape index (κ3) is 7.93. The summed E-state index contributed by atoms with van der Waals surface area (Å²) >= 11 is 0. The Morgan fingerprint density at radius 1 is 1.22 bits per heavy atom. The summed E-state index contributed by atoms with van der Waals surface area (Å²) in [6, 6.07) is 4.41. The van der Waals surface area contributed by atoms with E-state index in [4.69, 9.17) is 14.2 Å². The highest BCUT2D eigenvalue weighted by atomic mass is 19.4. The maximum atomic E-state index is 12.9.